The molecule has 5 rings (SSSR count). The summed E-state index contributed by atoms with van der Waals surface area (Å²) in [6.45, 7) is 0. The first-order valence-electron chi connectivity index (χ1n) is 9.56. The molecular weight excluding hydrogens is 342 g/mol. The van der Waals surface area contributed by atoms with Gasteiger partial charge in [-0.2, -0.15) is 9.13 Å². The van der Waals surface area contributed by atoms with Gasteiger partial charge in [0, 0.05) is 53.1 Å². The third kappa shape index (κ3) is 2.51. The standard InChI is InChI=1S/C25H23N3/c1-26-14-7-6-10-23(26)25-17-19(13-15-27(25)2)18-11-12-21-20-8-4-5-9-22(20)28(3)24(21)16-18/h4-17H,1-3H3/q+2. The van der Waals surface area contributed by atoms with Crippen molar-refractivity contribution in [3.05, 3.63) is 85.2 Å². The van der Waals surface area contributed by atoms with Crippen molar-refractivity contribution in [2.24, 2.45) is 21.1 Å². The number of hydrogen-bond acceptors (Lipinski definition) is 0. The van der Waals surface area contributed by atoms with Gasteiger partial charge in [-0.15, -0.1) is 0 Å². The lowest BCUT2D eigenvalue weighted by Gasteiger charge is -2.05. The SMILES string of the molecule is Cn1c2ccccc2c2ccc(-c3cc[n+](C)c(-c4cccc[n+]4C)c3)cc21. The lowest BCUT2D eigenvalue weighted by Crippen LogP contribution is -2.38. The van der Waals surface area contributed by atoms with E-state index in [4.69, 9.17) is 0 Å². The number of benzene rings is 2. The Morgan fingerprint density at radius 1 is 0.607 bits per heavy atom. The lowest BCUT2D eigenvalue weighted by molar-refractivity contribution is -0.690. The molecule has 0 radical (unpaired) electrons. The molecule has 5 aromatic rings. The van der Waals surface area contributed by atoms with Crippen LogP contribution in [0.2, 0.25) is 0 Å². The Bertz CT molecular complexity index is 1350. The minimum atomic E-state index is 1.19. The minimum absolute atomic E-state index is 1.19. The van der Waals surface area contributed by atoms with Crippen molar-refractivity contribution in [3.8, 4) is 22.5 Å². The molecule has 0 amide bonds. The Labute approximate surface area is 164 Å². The summed E-state index contributed by atoms with van der Waals surface area (Å²) in [6, 6.07) is 26.2. The van der Waals surface area contributed by atoms with Crippen LogP contribution in [0.3, 0.4) is 0 Å². The number of aromatic nitrogens is 3. The largest absolute Gasteiger partial charge is 0.344 e. The highest BCUT2D eigenvalue weighted by Crippen LogP contribution is 2.32. The number of fused-ring (bicyclic) bond motifs is 3. The topological polar surface area (TPSA) is 12.7 Å². The zero-order valence-corrected chi connectivity index (χ0v) is 16.4. The van der Waals surface area contributed by atoms with Crippen molar-refractivity contribution in [1.29, 1.82) is 0 Å². The first-order chi connectivity index (χ1) is 13.6. The smallest absolute Gasteiger partial charge is 0.277 e. The molecule has 0 aliphatic carbocycles. The van der Waals surface area contributed by atoms with Crippen LogP contribution in [0.25, 0.3) is 44.3 Å². The molecule has 3 aromatic heterocycles. The Hall–Kier alpha value is -3.46. The van der Waals surface area contributed by atoms with Crippen LogP contribution in [-0.4, -0.2) is 4.57 Å². The normalized spacial score (nSPS) is 11.4. The van der Waals surface area contributed by atoms with Crippen LogP contribution in [0, 0.1) is 0 Å². The van der Waals surface area contributed by atoms with E-state index in [0.29, 0.717) is 0 Å². The molecule has 0 saturated carbocycles. The molecule has 0 atom stereocenters. The highest BCUT2D eigenvalue weighted by molar-refractivity contribution is 6.08. The highest BCUT2D eigenvalue weighted by Gasteiger charge is 2.20. The van der Waals surface area contributed by atoms with Gasteiger partial charge in [0.05, 0.1) is 0 Å². The summed E-state index contributed by atoms with van der Waals surface area (Å²) in [4.78, 5) is 0. The maximum atomic E-state index is 2.30. The van der Waals surface area contributed by atoms with Gasteiger partial charge in [-0.05, 0) is 29.3 Å². The molecule has 0 aliphatic rings. The maximum Gasteiger partial charge on any atom is 0.277 e. The number of para-hydroxylation sites is 1. The molecule has 136 valence electrons. The van der Waals surface area contributed by atoms with Crippen LogP contribution < -0.4 is 9.13 Å². The average Bonchev–Trinajstić information content (AvgIpc) is 3.01. The van der Waals surface area contributed by atoms with Crippen LogP contribution in [0.15, 0.2) is 85.2 Å². The third-order valence-electron chi connectivity index (χ3n) is 5.72. The Morgan fingerprint density at radius 2 is 1.32 bits per heavy atom. The number of hydrogen-bond donors (Lipinski definition) is 0. The van der Waals surface area contributed by atoms with Gasteiger partial charge in [0.2, 0.25) is 0 Å². The molecule has 0 N–H and O–H groups in total. The van der Waals surface area contributed by atoms with Gasteiger partial charge >= 0.3 is 0 Å². The molecule has 0 fully saturated rings. The van der Waals surface area contributed by atoms with Gasteiger partial charge in [0.25, 0.3) is 11.4 Å². The molecule has 3 heteroatoms. The van der Waals surface area contributed by atoms with Crippen molar-refractivity contribution in [2.75, 3.05) is 0 Å². The first-order valence-corrected chi connectivity index (χ1v) is 9.56. The van der Waals surface area contributed by atoms with Gasteiger partial charge < -0.3 is 4.57 Å². The van der Waals surface area contributed by atoms with Gasteiger partial charge in [0.1, 0.15) is 14.1 Å². The summed E-state index contributed by atoms with van der Waals surface area (Å²) in [5, 5.41) is 2.61. The van der Waals surface area contributed by atoms with Crippen molar-refractivity contribution < 1.29 is 9.13 Å². The van der Waals surface area contributed by atoms with Gasteiger partial charge in [-0.25, -0.2) is 0 Å². The van der Waals surface area contributed by atoms with Crippen molar-refractivity contribution in [3.63, 3.8) is 0 Å². The van der Waals surface area contributed by atoms with E-state index in [9.17, 15) is 0 Å². The molecule has 2 aromatic carbocycles. The fourth-order valence-corrected chi connectivity index (χ4v) is 4.13. The Balaban J connectivity index is 1.70. The van der Waals surface area contributed by atoms with E-state index in [1.807, 2.05) is 0 Å². The van der Waals surface area contributed by atoms with Crippen molar-refractivity contribution in [1.82, 2.24) is 4.57 Å². The molecular formula is C25H23N3+2. The predicted octanol–water partition coefficient (Wildman–Crippen LogP) is 4.31. The molecule has 0 bridgehead atoms. The first kappa shape index (κ1) is 16.7. The van der Waals surface area contributed by atoms with E-state index in [0.717, 1.165) is 0 Å². The van der Waals surface area contributed by atoms with E-state index in [-0.39, 0.29) is 0 Å². The van der Waals surface area contributed by atoms with Crippen LogP contribution in [0.5, 0.6) is 0 Å². The van der Waals surface area contributed by atoms with E-state index >= 15 is 0 Å². The molecule has 0 spiro atoms. The monoisotopic (exact) mass is 365 g/mol. The molecule has 28 heavy (non-hydrogen) atoms. The maximum absolute atomic E-state index is 2.30. The van der Waals surface area contributed by atoms with Crippen LogP contribution in [-0.2, 0) is 21.1 Å². The number of nitrogens with zero attached hydrogens (tertiary/aromatic N) is 3. The van der Waals surface area contributed by atoms with E-state index in [2.05, 4.69) is 120 Å². The van der Waals surface area contributed by atoms with Gasteiger partial charge in [-0.1, -0.05) is 30.3 Å². The van der Waals surface area contributed by atoms with Crippen molar-refractivity contribution >= 4 is 21.8 Å². The summed E-state index contributed by atoms with van der Waals surface area (Å²) >= 11 is 0. The molecule has 3 nitrogen and oxygen atoms in total. The van der Waals surface area contributed by atoms with Crippen LogP contribution >= 0.6 is 0 Å². The summed E-state index contributed by atoms with van der Waals surface area (Å²) < 4.78 is 6.62. The fraction of sp³-hybridized carbons (Fsp3) is 0.120. The second kappa shape index (κ2) is 6.31. The zero-order chi connectivity index (χ0) is 19.3. The van der Waals surface area contributed by atoms with E-state index in [1.165, 1.54) is 44.3 Å². The summed E-state index contributed by atoms with van der Waals surface area (Å²) in [7, 11) is 6.33. The molecule has 0 aliphatic heterocycles. The molecule has 0 unspecified atom stereocenters. The quantitative estimate of drug-likeness (QED) is 0.413. The highest BCUT2D eigenvalue weighted by atomic mass is 15.0. The van der Waals surface area contributed by atoms with Gasteiger partial charge in [0.15, 0.2) is 12.4 Å². The van der Waals surface area contributed by atoms with Gasteiger partial charge in [-0.3, -0.25) is 0 Å². The molecule has 3 heterocycles. The molecule has 0 saturated heterocycles. The van der Waals surface area contributed by atoms with Crippen LogP contribution in [0.1, 0.15) is 0 Å². The number of rotatable bonds is 2. The zero-order valence-electron chi connectivity index (χ0n) is 16.4. The Kier molecular flexibility index (Phi) is 3.76. The minimum Gasteiger partial charge on any atom is -0.344 e. The third-order valence-corrected chi connectivity index (χ3v) is 5.72. The number of pyridine rings is 2. The average molecular weight is 365 g/mol. The summed E-state index contributed by atoms with van der Waals surface area (Å²) in [5.41, 5.74) is 7.38. The summed E-state index contributed by atoms with van der Waals surface area (Å²) in [5.74, 6) is 0. The summed E-state index contributed by atoms with van der Waals surface area (Å²) in [6.07, 6.45) is 4.23. The van der Waals surface area contributed by atoms with Crippen LogP contribution in [0.4, 0.5) is 0 Å². The van der Waals surface area contributed by atoms with E-state index in [1.54, 1.807) is 0 Å². The van der Waals surface area contributed by atoms with E-state index < -0.39 is 0 Å². The van der Waals surface area contributed by atoms with Crippen molar-refractivity contribution in [2.45, 2.75) is 0 Å². The second-order valence-corrected chi connectivity index (χ2v) is 7.42. The second-order valence-electron chi connectivity index (χ2n) is 7.42. The lowest BCUT2D eigenvalue weighted by atomic mass is 10.0. The fourth-order valence-electron chi connectivity index (χ4n) is 4.13. The Morgan fingerprint density at radius 3 is 2.18 bits per heavy atom. The predicted molar refractivity (Wildman–Crippen MR) is 114 cm³/mol. The number of aryl methyl sites for hydroxylation is 3.